The van der Waals surface area contributed by atoms with E-state index < -0.39 is 5.91 Å². The van der Waals surface area contributed by atoms with Gasteiger partial charge in [0.25, 0.3) is 5.91 Å². The van der Waals surface area contributed by atoms with Crippen molar-refractivity contribution in [2.24, 2.45) is 0 Å². The zero-order chi connectivity index (χ0) is 17.5. The molecule has 0 bridgehead atoms. The van der Waals surface area contributed by atoms with Crippen LogP contribution in [0.5, 0.6) is 5.75 Å². The van der Waals surface area contributed by atoms with Crippen LogP contribution in [0, 0.1) is 0 Å². The van der Waals surface area contributed by atoms with Gasteiger partial charge in [0.05, 0.1) is 11.6 Å². The molecule has 0 spiro atoms. The van der Waals surface area contributed by atoms with Crippen molar-refractivity contribution < 1.29 is 19.1 Å². The Balaban J connectivity index is 2.13. The molecule has 128 valence electrons. The molecule has 0 unspecified atom stereocenters. The highest BCUT2D eigenvalue weighted by Crippen LogP contribution is 2.32. The molecule has 2 amide bonds. The lowest BCUT2D eigenvalue weighted by atomic mass is 10.2. The molecule has 0 radical (unpaired) electrons. The molecular weight excluding hydrogens is 354 g/mol. The largest absolute Gasteiger partial charge is 0.489 e. The first kappa shape index (κ1) is 18.2. The number of nitrogens with one attached hydrogen (secondary N) is 2. The number of carbonyl (C=O) groups is 2. The summed E-state index contributed by atoms with van der Waals surface area (Å²) < 4.78 is 10.5. The van der Waals surface area contributed by atoms with E-state index >= 15 is 0 Å². The van der Waals surface area contributed by atoms with Crippen LogP contribution in [0.1, 0.15) is 17.4 Å². The van der Waals surface area contributed by atoms with E-state index in [0.717, 1.165) is 11.3 Å². The van der Waals surface area contributed by atoms with Crippen molar-refractivity contribution in [2.75, 3.05) is 31.0 Å². The number of benzene rings is 1. The Labute approximate surface area is 147 Å². The summed E-state index contributed by atoms with van der Waals surface area (Å²) in [6.07, 6.45) is 0. The van der Waals surface area contributed by atoms with E-state index in [1.54, 1.807) is 30.7 Å². The van der Waals surface area contributed by atoms with Gasteiger partial charge in [0, 0.05) is 19.4 Å². The van der Waals surface area contributed by atoms with Gasteiger partial charge in [-0.15, -0.1) is 11.3 Å². The molecule has 9 heteroatoms. The Hall–Kier alpha value is -2.16. The first-order chi connectivity index (χ1) is 11.5. The third kappa shape index (κ3) is 4.92. The van der Waals surface area contributed by atoms with Gasteiger partial charge in [-0.25, -0.2) is 4.98 Å². The van der Waals surface area contributed by atoms with Gasteiger partial charge in [0.15, 0.2) is 5.13 Å². The van der Waals surface area contributed by atoms with Gasteiger partial charge in [0.1, 0.15) is 23.7 Å². The molecule has 0 atom stereocenters. The normalized spacial score (nSPS) is 10.3. The van der Waals surface area contributed by atoms with Gasteiger partial charge in [-0.1, -0.05) is 17.7 Å². The van der Waals surface area contributed by atoms with Crippen LogP contribution in [0.2, 0.25) is 5.02 Å². The molecule has 0 saturated heterocycles. The van der Waals surface area contributed by atoms with Crippen LogP contribution in [-0.4, -0.2) is 37.1 Å². The van der Waals surface area contributed by atoms with Crippen LogP contribution in [0.15, 0.2) is 23.6 Å². The van der Waals surface area contributed by atoms with Crippen LogP contribution in [-0.2, 0) is 9.53 Å². The van der Waals surface area contributed by atoms with Gasteiger partial charge >= 0.3 is 0 Å². The average Bonchev–Trinajstić information content (AvgIpc) is 2.98. The fourth-order valence-corrected chi connectivity index (χ4v) is 2.69. The van der Waals surface area contributed by atoms with E-state index in [9.17, 15) is 9.59 Å². The standard InChI is InChI=1S/C15H16ClN3O4S/c1-9(20)17-15-18-11(8-24-15)14(21)19-13-10(16)4-3-5-12(13)23-7-6-22-2/h3-5,8H,6-7H2,1-2H3,(H,19,21)(H,17,18,20). The molecule has 0 aliphatic heterocycles. The van der Waals surface area contributed by atoms with Crippen molar-refractivity contribution in [3.8, 4) is 5.75 Å². The summed E-state index contributed by atoms with van der Waals surface area (Å²) in [7, 11) is 1.57. The number of aromatic nitrogens is 1. The zero-order valence-corrected chi connectivity index (χ0v) is 14.7. The number of hydrogen-bond donors (Lipinski definition) is 2. The summed E-state index contributed by atoms with van der Waals surface area (Å²) in [5.74, 6) is -0.269. The maximum atomic E-state index is 12.3. The molecule has 1 aromatic heterocycles. The predicted molar refractivity (Wildman–Crippen MR) is 93.2 cm³/mol. The lowest BCUT2D eigenvalue weighted by Gasteiger charge is -2.13. The average molecular weight is 370 g/mol. The Morgan fingerprint density at radius 3 is 2.79 bits per heavy atom. The zero-order valence-electron chi connectivity index (χ0n) is 13.1. The highest BCUT2D eigenvalue weighted by atomic mass is 35.5. The van der Waals surface area contributed by atoms with Crippen LogP contribution in [0.4, 0.5) is 10.8 Å². The molecule has 2 N–H and O–H groups in total. The van der Waals surface area contributed by atoms with Gasteiger partial charge in [-0.05, 0) is 12.1 Å². The van der Waals surface area contributed by atoms with Crippen LogP contribution < -0.4 is 15.4 Å². The maximum Gasteiger partial charge on any atom is 0.275 e. The minimum absolute atomic E-state index is 0.173. The lowest BCUT2D eigenvalue weighted by molar-refractivity contribution is -0.114. The third-order valence-corrected chi connectivity index (χ3v) is 3.85. The summed E-state index contributed by atoms with van der Waals surface area (Å²) in [5.41, 5.74) is 0.529. The minimum Gasteiger partial charge on any atom is -0.489 e. The van der Waals surface area contributed by atoms with Crippen molar-refractivity contribution in [3.05, 3.63) is 34.3 Å². The number of carbonyl (C=O) groups excluding carboxylic acids is 2. The monoisotopic (exact) mass is 369 g/mol. The summed E-state index contributed by atoms with van der Waals surface area (Å²) in [6, 6.07) is 5.06. The highest BCUT2D eigenvalue weighted by molar-refractivity contribution is 7.14. The van der Waals surface area contributed by atoms with Crippen LogP contribution >= 0.6 is 22.9 Å². The molecule has 0 saturated carbocycles. The van der Waals surface area contributed by atoms with E-state index in [0.29, 0.717) is 34.8 Å². The second-order valence-electron chi connectivity index (χ2n) is 4.63. The smallest absolute Gasteiger partial charge is 0.275 e. The topological polar surface area (TPSA) is 89.5 Å². The van der Waals surface area contributed by atoms with Gasteiger partial charge in [0.2, 0.25) is 5.91 Å². The fourth-order valence-electron chi connectivity index (χ4n) is 1.74. The number of thiazole rings is 1. The van der Waals surface area contributed by atoms with Crippen molar-refractivity contribution in [2.45, 2.75) is 6.92 Å². The van der Waals surface area contributed by atoms with Crippen molar-refractivity contribution in [1.29, 1.82) is 0 Å². The van der Waals surface area contributed by atoms with Crippen LogP contribution in [0.3, 0.4) is 0 Å². The Kier molecular flexibility index (Phi) is 6.53. The second kappa shape index (κ2) is 8.62. The summed E-state index contributed by atoms with van der Waals surface area (Å²) in [5, 5.41) is 7.45. The van der Waals surface area contributed by atoms with E-state index in [4.69, 9.17) is 21.1 Å². The number of rotatable bonds is 7. The van der Waals surface area contributed by atoms with Crippen molar-refractivity contribution in [3.63, 3.8) is 0 Å². The number of hydrogen-bond acceptors (Lipinski definition) is 6. The second-order valence-corrected chi connectivity index (χ2v) is 5.89. The molecule has 0 fully saturated rings. The number of para-hydroxylation sites is 1. The van der Waals surface area contributed by atoms with Gasteiger partial charge in [-0.2, -0.15) is 0 Å². The minimum atomic E-state index is -0.451. The lowest BCUT2D eigenvalue weighted by Crippen LogP contribution is -2.15. The summed E-state index contributed by atoms with van der Waals surface area (Å²) in [6.45, 7) is 2.10. The van der Waals surface area contributed by atoms with Crippen molar-refractivity contribution in [1.82, 2.24) is 4.98 Å². The van der Waals surface area contributed by atoms with E-state index in [1.165, 1.54) is 6.92 Å². The molecule has 0 aliphatic carbocycles. The van der Waals surface area contributed by atoms with E-state index in [2.05, 4.69) is 15.6 Å². The molecule has 2 aromatic rings. The summed E-state index contributed by atoms with van der Waals surface area (Å²) >= 11 is 7.30. The first-order valence-corrected chi connectivity index (χ1v) is 8.21. The molecule has 1 aromatic carbocycles. The van der Waals surface area contributed by atoms with Gasteiger partial charge < -0.3 is 20.1 Å². The molecule has 1 heterocycles. The SMILES string of the molecule is COCCOc1cccc(Cl)c1NC(=O)c1csc(NC(C)=O)n1. The number of ether oxygens (including phenoxy) is 2. The molecule has 0 aliphatic rings. The summed E-state index contributed by atoms with van der Waals surface area (Å²) in [4.78, 5) is 27.4. The highest BCUT2D eigenvalue weighted by Gasteiger charge is 2.16. The fraction of sp³-hybridized carbons (Fsp3) is 0.267. The number of amides is 2. The van der Waals surface area contributed by atoms with Crippen molar-refractivity contribution >= 4 is 45.6 Å². The third-order valence-electron chi connectivity index (χ3n) is 2.78. The van der Waals surface area contributed by atoms with Gasteiger partial charge in [-0.3, -0.25) is 9.59 Å². The molecular formula is C15H16ClN3O4S. The van der Waals surface area contributed by atoms with E-state index in [-0.39, 0.29) is 11.6 Å². The predicted octanol–water partition coefficient (Wildman–Crippen LogP) is 3.03. The number of nitrogens with zero attached hydrogens (tertiary/aromatic N) is 1. The van der Waals surface area contributed by atoms with Crippen LogP contribution in [0.25, 0.3) is 0 Å². The number of halogens is 1. The van der Waals surface area contributed by atoms with E-state index in [1.807, 2.05) is 0 Å². The Morgan fingerprint density at radius 2 is 2.08 bits per heavy atom. The Bertz CT molecular complexity index is 735. The Morgan fingerprint density at radius 1 is 1.29 bits per heavy atom. The molecule has 2 rings (SSSR count). The number of methoxy groups -OCH3 is 1. The number of anilines is 2. The quantitative estimate of drug-likeness (QED) is 0.732. The maximum absolute atomic E-state index is 12.3. The molecule has 24 heavy (non-hydrogen) atoms. The first-order valence-electron chi connectivity index (χ1n) is 6.96. The molecule has 7 nitrogen and oxygen atoms in total.